The predicted octanol–water partition coefficient (Wildman–Crippen LogP) is -0.614. The Balaban J connectivity index is 1.32. The minimum absolute atomic E-state index is 0.133. The van der Waals surface area contributed by atoms with E-state index in [1.807, 2.05) is 24.3 Å². The van der Waals surface area contributed by atoms with Gasteiger partial charge in [-0.25, -0.2) is 9.59 Å². The summed E-state index contributed by atoms with van der Waals surface area (Å²) in [5.41, 5.74) is 24.0. The summed E-state index contributed by atoms with van der Waals surface area (Å²) in [7, 11) is 0. The number of piperazine rings is 1. The first kappa shape index (κ1) is 28.6. The summed E-state index contributed by atoms with van der Waals surface area (Å²) in [5.74, 6) is 0.234. The van der Waals surface area contributed by atoms with Crippen LogP contribution in [-0.4, -0.2) is 86.8 Å². The first-order valence-electron chi connectivity index (χ1n) is 13.3. The highest BCUT2D eigenvalue weighted by molar-refractivity contribution is 5.89. The summed E-state index contributed by atoms with van der Waals surface area (Å²) < 4.78 is 1.42. The maximum atomic E-state index is 12.8. The molecule has 2 aliphatic rings. The van der Waals surface area contributed by atoms with Crippen molar-refractivity contribution in [2.24, 2.45) is 28.9 Å². The Hall–Kier alpha value is -3.36. The normalized spacial score (nSPS) is 19.4. The Bertz CT molecular complexity index is 1220. The van der Waals surface area contributed by atoms with Crippen LogP contribution in [0.2, 0.25) is 0 Å². The Kier molecular flexibility index (Phi) is 8.67. The molecule has 0 bridgehead atoms. The number of anilines is 1. The molecule has 4 rings (SSSR count). The van der Waals surface area contributed by atoms with Gasteiger partial charge >= 0.3 is 11.7 Å². The van der Waals surface area contributed by atoms with Gasteiger partial charge in [-0.05, 0) is 69.5 Å². The van der Waals surface area contributed by atoms with Gasteiger partial charge in [0, 0.05) is 25.8 Å². The van der Waals surface area contributed by atoms with Crippen molar-refractivity contribution in [1.82, 2.24) is 24.3 Å². The molecule has 0 unspecified atom stereocenters. The van der Waals surface area contributed by atoms with E-state index in [1.54, 1.807) is 26.1 Å². The van der Waals surface area contributed by atoms with Gasteiger partial charge in [0.25, 0.3) is 0 Å². The molecule has 1 aromatic carbocycles. The van der Waals surface area contributed by atoms with Gasteiger partial charge in [-0.15, -0.1) is 0 Å². The van der Waals surface area contributed by atoms with Crippen molar-refractivity contribution in [2.45, 2.75) is 51.1 Å². The predicted molar refractivity (Wildman–Crippen MR) is 149 cm³/mol. The highest BCUT2D eigenvalue weighted by Gasteiger charge is 2.35. The van der Waals surface area contributed by atoms with Crippen LogP contribution in [0.25, 0.3) is 5.69 Å². The Morgan fingerprint density at radius 2 is 1.74 bits per heavy atom. The summed E-state index contributed by atoms with van der Waals surface area (Å²) in [5, 5.41) is 2.65. The molecule has 39 heavy (non-hydrogen) atoms. The van der Waals surface area contributed by atoms with E-state index >= 15 is 0 Å². The molecule has 2 fully saturated rings. The molecule has 1 atom stereocenters. The standard InChI is InChI=1S/C26H40N10O3/c1-26(2,30)23(37)36-14-13-34(16-20(36)27)24(38)31-21-9-12-35(25(39)32-21)19-5-3-17(4-6-19)15-33-10-7-18(8-11-33)22(28)29/h3-6,9,12,18,20,22H,7-8,10-11,13-16,27-30H2,1-2H3,(H,31,32,38,39)/t20-/m0/s1. The Morgan fingerprint density at radius 3 is 2.31 bits per heavy atom. The molecule has 2 saturated heterocycles. The average Bonchev–Trinajstić information content (AvgIpc) is 2.89. The monoisotopic (exact) mass is 540 g/mol. The van der Waals surface area contributed by atoms with Gasteiger partial charge in [0.1, 0.15) is 5.82 Å². The van der Waals surface area contributed by atoms with Gasteiger partial charge in [-0.3, -0.25) is 19.6 Å². The van der Waals surface area contributed by atoms with Crippen molar-refractivity contribution in [1.29, 1.82) is 0 Å². The maximum absolute atomic E-state index is 12.8. The number of nitrogens with two attached hydrogens (primary N) is 4. The smallest absolute Gasteiger partial charge is 0.322 e. The largest absolute Gasteiger partial charge is 0.354 e. The number of carbonyl (C=O) groups is 2. The number of urea groups is 1. The molecule has 212 valence electrons. The van der Waals surface area contributed by atoms with Crippen LogP contribution in [0.3, 0.4) is 0 Å². The first-order valence-corrected chi connectivity index (χ1v) is 13.3. The minimum atomic E-state index is -1.05. The first-order chi connectivity index (χ1) is 18.4. The van der Waals surface area contributed by atoms with Crippen LogP contribution in [-0.2, 0) is 11.3 Å². The van der Waals surface area contributed by atoms with E-state index in [9.17, 15) is 14.4 Å². The van der Waals surface area contributed by atoms with Crippen LogP contribution < -0.4 is 33.9 Å². The van der Waals surface area contributed by atoms with Crippen LogP contribution in [0, 0.1) is 5.92 Å². The molecule has 13 heteroatoms. The second-order valence-corrected chi connectivity index (χ2v) is 11.0. The molecule has 13 nitrogen and oxygen atoms in total. The van der Waals surface area contributed by atoms with Crippen LogP contribution in [0.4, 0.5) is 10.6 Å². The van der Waals surface area contributed by atoms with E-state index in [0.717, 1.165) is 38.0 Å². The van der Waals surface area contributed by atoms with Gasteiger partial charge in [0.2, 0.25) is 5.91 Å². The van der Waals surface area contributed by atoms with Crippen LogP contribution >= 0.6 is 0 Å². The van der Waals surface area contributed by atoms with Gasteiger partial charge < -0.3 is 32.7 Å². The van der Waals surface area contributed by atoms with Crippen LogP contribution in [0.1, 0.15) is 32.3 Å². The second-order valence-electron chi connectivity index (χ2n) is 11.0. The zero-order valence-electron chi connectivity index (χ0n) is 22.6. The number of carbonyl (C=O) groups excluding carboxylic acids is 2. The summed E-state index contributed by atoms with van der Waals surface area (Å²) >= 11 is 0. The fourth-order valence-corrected chi connectivity index (χ4v) is 4.99. The summed E-state index contributed by atoms with van der Waals surface area (Å²) in [6.07, 6.45) is 2.63. The second kappa shape index (κ2) is 11.8. The highest BCUT2D eigenvalue weighted by Crippen LogP contribution is 2.20. The van der Waals surface area contributed by atoms with Crippen molar-refractivity contribution in [3.8, 4) is 5.69 Å². The van der Waals surface area contributed by atoms with Gasteiger partial charge in [0.05, 0.1) is 30.1 Å². The molecule has 2 aromatic rings. The van der Waals surface area contributed by atoms with Crippen molar-refractivity contribution in [3.63, 3.8) is 0 Å². The molecule has 1 aromatic heterocycles. The number of benzene rings is 1. The Morgan fingerprint density at radius 1 is 1.08 bits per heavy atom. The summed E-state index contributed by atoms with van der Waals surface area (Å²) in [6.45, 7) is 6.65. The third-order valence-electron chi connectivity index (χ3n) is 7.35. The van der Waals surface area contributed by atoms with Crippen LogP contribution in [0.15, 0.2) is 41.3 Å². The molecule has 0 aliphatic carbocycles. The minimum Gasteiger partial charge on any atom is -0.322 e. The number of amides is 3. The average molecular weight is 541 g/mol. The van der Waals surface area contributed by atoms with Crippen molar-refractivity contribution < 1.29 is 9.59 Å². The molecule has 2 aliphatic heterocycles. The quantitative estimate of drug-likeness (QED) is 0.297. The van der Waals surface area contributed by atoms with E-state index < -0.39 is 23.4 Å². The van der Waals surface area contributed by atoms with Gasteiger partial charge in [0.15, 0.2) is 0 Å². The van der Waals surface area contributed by atoms with Crippen molar-refractivity contribution in [2.75, 3.05) is 38.0 Å². The number of nitrogens with zero attached hydrogens (tertiary/aromatic N) is 5. The van der Waals surface area contributed by atoms with E-state index in [0.29, 0.717) is 11.6 Å². The molecule has 9 N–H and O–H groups in total. The number of hydrogen-bond acceptors (Lipinski definition) is 9. The summed E-state index contributed by atoms with van der Waals surface area (Å²) in [6, 6.07) is 8.87. The van der Waals surface area contributed by atoms with E-state index in [4.69, 9.17) is 22.9 Å². The number of rotatable bonds is 6. The number of likely N-dealkylation sites (tertiary alicyclic amines) is 1. The molecule has 0 spiro atoms. The number of aromatic nitrogens is 2. The third kappa shape index (κ3) is 6.99. The topological polar surface area (TPSA) is 195 Å². The zero-order chi connectivity index (χ0) is 28.3. The Labute approximate surface area is 228 Å². The van der Waals surface area contributed by atoms with Gasteiger partial charge in [-0.1, -0.05) is 12.1 Å². The molecule has 3 heterocycles. The lowest BCUT2D eigenvalue weighted by molar-refractivity contribution is -0.140. The maximum Gasteiger partial charge on any atom is 0.354 e. The SMILES string of the molecule is CC(C)(N)C(=O)N1CCN(C(=O)Nc2ccn(-c3ccc(CN4CCC(C(N)N)CC4)cc3)c(=O)n2)C[C@H]1N. The van der Waals surface area contributed by atoms with Gasteiger partial charge in [-0.2, -0.15) is 4.98 Å². The van der Waals surface area contributed by atoms with Crippen molar-refractivity contribution in [3.05, 3.63) is 52.6 Å². The zero-order valence-corrected chi connectivity index (χ0v) is 22.6. The highest BCUT2D eigenvalue weighted by atomic mass is 16.2. The van der Waals surface area contributed by atoms with E-state index in [1.165, 1.54) is 14.4 Å². The summed E-state index contributed by atoms with van der Waals surface area (Å²) in [4.78, 5) is 47.3. The third-order valence-corrected chi connectivity index (χ3v) is 7.35. The molecular weight excluding hydrogens is 500 g/mol. The van der Waals surface area contributed by atoms with Crippen LogP contribution in [0.5, 0.6) is 0 Å². The fraction of sp³-hybridized carbons (Fsp3) is 0.538. The number of nitrogens with one attached hydrogen (secondary N) is 1. The number of hydrogen-bond donors (Lipinski definition) is 5. The molecule has 0 saturated carbocycles. The van der Waals surface area contributed by atoms with Crippen molar-refractivity contribution >= 4 is 17.8 Å². The lowest BCUT2D eigenvalue weighted by Crippen LogP contribution is -2.65. The molecular formula is C26H40N10O3. The number of piperidine rings is 1. The van der Waals surface area contributed by atoms with E-state index in [2.05, 4.69) is 15.2 Å². The van der Waals surface area contributed by atoms with E-state index in [-0.39, 0.29) is 37.5 Å². The molecule has 3 amide bonds. The molecule has 0 radical (unpaired) electrons. The lowest BCUT2D eigenvalue weighted by Gasteiger charge is -2.41. The fourth-order valence-electron chi connectivity index (χ4n) is 4.99. The lowest BCUT2D eigenvalue weighted by atomic mass is 9.94.